The van der Waals surface area contributed by atoms with E-state index in [0.717, 1.165) is 18.7 Å². The summed E-state index contributed by atoms with van der Waals surface area (Å²) in [5.74, 6) is -0.614. The molecule has 2 atom stereocenters. The number of rotatable bonds is 6. The summed E-state index contributed by atoms with van der Waals surface area (Å²) in [6, 6.07) is 5.23. The third-order valence-corrected chi connectivity index (χ3v) is 3.80. The molecule has 1 N–H and O–H groups in total. The van der Waals surface area contributed by atoms with E-state index in [-0.39, 0.29) is 17.8 Å². The number of hydrogen-bond donors (Lipinski definition) is 1. The number of likely N-dealkylation sites (tertiary alicyclic amines) is 1. The highest BCUT2D eigenvalue weighted by Gasteiger charge is 2.32. The highest BCUT2D eigenvalue weighted by atomic mass is 16.5. The lowest BCUT2D eigenvalue weighted by molar-refractivity contribution is -0.00461. The number of aromatic carboxylic acids is 1. The van der Waals surface area contributed by atoms with E-state index in [1.54, 1.807) is 26.4 Å². The van der Waals surface area contributed by atoms with Gasteiger partial charge in [-0.05, 0) is 17.7 Å². The van der Waals surface area contributed by atoms with Crippen molar-refractivity contribution in [3.63, 3.8) is 0 Å². The summed E-state index contributed by atoms with van der Waals surface area (Å²) in [7, 11) is 4.82. The Balaban J connectivity index is 2.10. The minimum atomic E-state index is -0.986. The fourth-order valence-corrected chi connectivity index (χ4v) is 2.68. The van der Waals surface area contributed by atoms with Gasteiger partial charge in [0.15, 0.2) is 0 Å². The molecule has 21 heavy (non-hydrogen) atoms. The van der Waals surface area contributed by atoms with Crippen molar-refractivity contribution in [1.29, 1.82) is 0 Å². The molecule has 0 aliphatic carbocycles. The van der Waals surface area contributed by atoms with Crippen molar-refractivity contribution in [2.24, 2.45) is 0 Å². The fourth-order valence-electron chi connectivity index (χ4n) is 2.68. The molecule has 1 aromatic rings. The first-order valence-electron chi connectivity index (χ1n) is 6.77. The number of benzene rings is 1. The summed E-state index contributed by atoms with van der Waals surface area (Å²) in [4.78, 5) is 13.4. The molecular formula is C15H21NO5. The molecule has 1 aliphatic rings. The number of hydrogen-bond acceptors (Lipinski definition) is 5. The second kappa shape index (κ2) is 6.89. The maximum absolute atomic E-state index is 11.2. The monoisotopic (exact) mass is 295 g/mol. The van der Waals surface area contributed by atoms with E-state index in [2.05, 4.69) is 4.90 Å². The van der Waals surface area contributed by atoms with E-state index in [0.29, 0.717) is 12.3 Å². The quantitative estimate of drug-likeness (QED) is 0.851. The molecule has 6 heteroatoms. The van der Waals surface area contributed by atoms with Crippen LogP contribution in [0.25, 0.3) is 0 Å². The normalized spacial score (nSPS) is 22.4. The van der Waals surface area contributed by atoms with Gasteiger partial charge >= 0.3 is 5.97 Å². The molecule has 1 heterocycles. The number of carbonyl (C=O) groups is 1. The summed E-state index contributed by atoms with van der Waals surface area (Å²) < 4.78 is 15.9. The minimum absolute atomic E-state index is 0.0483. The Kier molecular flexibility index (Phi) is 5.17. The van der Waals surface area contributed by atoms with Gasteiger partial charge in [-0.3, -0.25) is 4.90 Å². The van der Waals surface area contributed by atoms with E-state index >= 15 is 0 Å². The number of nitrogens with zero attached hydrogens (tertiary/aromatic N) is 1. The van der Waals surface area contributed by atoms with E-state index in [4.69, 9.17) is 14.2 Å². The smallest absolute Gasteiger partial charge is 0.339 e. The highest BCUT2D eigenvalue weighted by Crippen LogP contribution is 2.23. The van der Waals surface area contributed by atoms with Crippen molar-refractivity contribution in [2.75, 3.05) is 34.4 Å². The number of methoxy groups -OCH3 is 3. The topological polar surface area (TPSA) is 68.2 Å². The van der Waals surface area contributed by atoms with Crippen molar-refractivity contribution in [1.82, 2.24) is 4.90 Å². The molecule has 0 saturated carbocycles. The minimum Gasteiger partial charge on any atom is -0.496 e. The lowest BCUT2D eigenvalue weighted by Crippen LogP contribution is -2.27. The Hall–Kier alpha value is -1.63. The molecule has 1 aromatic carbocycles. The molecule has 0 aromatic heterocycles. The van der Waals surface area contributed by atoms with Crippen LogP contribution in [0.3, 0.4) is 0 Å². The zero-order chi connectivity index (χ0) is 15.4. The van der Waals surface area contributed by atoms with Crippen LogP contribution in [0.15, 0.2) is 18.2 Å². The van der Waals surface area contributed by atoms with Crippen LogP contribution in [0.5, 0.6) is 5.75 Å². The lowest BCUT2D eigenvalue weighted by atomic mass is 10.1. The molecular weight excluding hydrogens is 274 g/mol. The third-order valence-electron chi connectivity index (χ3n) is 3.80. The fraction of sp³-hybridized carbons (Fsp3) is 0.533. The van der Waals surface area contributed by atoms with Crippen molar-refractivity contribution in [3.05, 3.63) is 29.3 Å². The van der Waals surface area contributed by atoms with Crippen LogP contribution in [0.2, 0.25) is 0 Å². The molecule has 6 nitrogen and oxygen atoms in total. The first kappa shape index (κ1) is 15.8. The number of ether oxygens (including phenoxy) is 3. The Morgan fingerprint density at radius 1 is 1.24 bits per heavy atom. The molecule has 116 valence electrons. The maximum Gasteiger partial charge on any atom is 0.339 e. The van der Waals surface area contributed by atoms with Gasteiger partial charge in [0.25, 0.3) is 0 Å². The molecule has 0 bridgehead atoms. The van der Waals surface area contributed by atoms with Crippen molar-refractivity contribution < 1.29 is 24.1 Å². The van der Waals surface area contributed by atoms with Crippen molar-refractivity contribution in [2.45, 2.75) is 18.8 Å². The zero-order valence-corrected chi connectivity index (χ0v) is 12.5. The first-order chi connectivity index (χ1) is 10.1. The van der Waals surface area contributed by atoms with E-state index < -0.39 is 5.97 Å². The summed E-state index contributed by atoms with van der Waals surface area (Å²) in [6.07, 6.45) is 0.0967. The Bertz CT molecular complexity index is 493. The number of carboxylic acid groups (broad SMARTS) is 1. The van der Waals surface area contributed by atoms with Crippen LogP contribution >= 0.6 is 0 Å². The standard InChI is InChI=1S/C15H21NO5/c1-19-12-5-4-10(6-11(12)15(17)18)7-16-8-13(20-2)14(9-16)21-3/h4-6,13-14H,7-9H2,1-3H3,(H,17,18). The highest BCUT2D eigenvalue weighted by molar-refractivity contribution is 5.91. The van der Waals surface area contributed by atoms with Crippen LogP contribution in [0.4, 0.5) is 0 Å². The lowest BCUT2D eigenvalue weighted by Gasteiger charge is -2.16. The SMILES string of the molecule is COc1ccc(CN2CC(OC)C(OC)C2)cc1C(=O)O. The molecule has 1 saturated heterocycles. The summed E-state index contributed by atoms with van der Waals surface area (Å²) >= 11 is 0. The van der Waals surface area contributed by atoms with Gasteiger partial charge in [-0.1, -0.05) is 6.07 Å². The van der Waals surface area contributed by atoms with Crippen molar-refractivity contribution in [3.8, 4) is 5.75 Å². The van der Waals surface area contributed by atoms with Gasteiger partial charge < -0.3 is 19.3 Å². The van der Waals surface area contributed by atoms with Gasteiger partial charge in [0.1, 0.15) is 11.3 Å². The predicted octanol–water partition coefficient (Wildman–Crippen LogP) is 1.24. The predicted molar refractivity (Wildman–Crippen MR) is 76.8 cm³/mol. The Labute approximate surface area is 124 Å². The third kappa shape index (κ3) is 3.53. The zero-order valence-electron chi connectivity index (χ0n) is 12.5. The number of carboxylic acids is 1. The molecule has 0 spiro atoms. The van der Waals surface area contributed by atoms with Crippen LogP contribution in [-0.2, 0) is 16.0 Å². The Morgan fingerprint density at radius 2 is 1.86 bits per heavy atom. The van der Waals surface area contributed by atoms with Crippen LogP contribution < -0.4 is 4.74 Å². The van der Waals surface area contributed by atoms with Crippen LogP contribution in [0, 0.1) is 0 Å². The largest absolute Gasteiger partial charge is 0.496 e. The van der Waals surface area contributed by atoms with Gasteiger partial charge in [-0.2, -0.15) is 0 Å². The molecule has 1 aliphatic heterocycles. The van der Waals surface area contributed by atoms with Gasteiger partial charge in [-0.25, -0.2) is 4.79 Å². The molecule has 0 radical (unpaired) electrons. The summed E-state index contributed by atoms with van der Waals surface area (Å²) in [6.45, 7) is 2.19. The first-order valence-corrected chi connectivity index (χ1v) is 6.77. The van der Waals surface area contributed by atoms with E-state index in [9.17, 15) is 9.90 Å². The van der Waals surface area contributed by atoms with Gasteiger partial charge in [-0.15, -0.1) is 0 Å². The molecule has 2 unspecified atom stereocenters. The van der Waals surface area contributed by atoms with Crippen molar-refractivity contribution >= 4 is 5.97 Å². The van der Waals surface area contributed by atoms with Gasteiger partial charge in [0.05, 0.1) is 19.3 Å². The van der Waals surface area contributed by atoms with Crippen LogP contribution in [-0.4, -0.2) is 62.6 Å². The molecule has 1 fully saturated rings. The second-order valence-electron chi connectivity index (χ2n) is 5.08. The van der Waals surface area contributed by atoms with Gasteiger partial charge in [0.2, 0.25) is 0 Å². The average Bonchev–Trinajstić information content (AvgIpc) is 2.89. The summed E-state index contributed by atoms with van der Waals surface area (Å²) in [5, 5.41) is 9.21. The van der Waals surface area contributed by atoms with Gasteiger partial charge in [0, 0.05) is 33.9 Å². The van der Waals surface area contributed by atoms with E-state index in [1.807, 2.05) is 6.07 Å². The molecule has 0 amide bonds. The average molecular weight is 295 g/mol. The second-order valence-corrected chi connectivity index (χ2v) is 5.08. The maximum atomic E-state index is 11.2. The summed E-state index contributed by atoms with van der Waals surface area (Å²) in [5.41, 5.74) is 1.11. The van der Waals surface area contributed by atoms with E-state index in [1.165, 1.54) is 7.11 Å². The van der Waals surface area contributed by atoms with Crippen LogP contribution in [0.1, 0.15) is 15.9 Å². The Morgan fingerprint density at radius 3 is 2.33 bits per heavy atom. The molecule has 2 rings (SSSR count).